The van der Waals surface area contributed by atoms with Crippen LogP contribution in [0.1, 0.15) is 16.7 Å². The van der Waals surface area contributed by atoms with E-state index in [9.17, 15) is 4.79 Å². The molecule has 26 heavy (non-hydrogen) atoms. The van der Waals surface area contributed by atoms with Crippen molar-refractivity contribution in [1.82, 2.24) is 5.43 Å². The molecule has 0 heterocycles. The Morgan fingerprint density at radius 1 is 1.35 bits per heavy atom. The third-order valence-corrected chi connectivity index (χ3v) is 4.12. The van der Waals surface area contributed by atoms with Crippen LogP contribution in [0.3, 0.4) is 0 Å². The number of nitriles is 1. The molecule has 0 atom stereocenters. The van der Waals surface area contributed by atoms with Gasteiger partial charge in [0.2, 0.25) is 0 Å². The van der Waals surface area contributed by atoms with E-state index >= 15 is 0 Å². The lowest BCUT2D eigenvalue weighted by Gasteiger charge is -2.14. The molecule has 0 bridgehead atoms. The van der Waals surface area contributed by atoms with Gasteiger partial charge in [-0.15, -0.1) is 0 Å². The molecule has 1 amide bonds. The Labute approximate surface area is 164 Å². The van der Waals surface area contributed by atoms with Crippen molar-refractivity contribution in [3.63, 3.8) is 0 Å². The molecule has 0 aromatic heterocycles. The van der Waals surface area contributed by atoms with Gasteiger partial charge >= 0.3 is 6.09 Å². The second-order valence-corrected chi connectivity index (χ2v) is 6.12. The predicted molar refractivity (Wildman–Crippen MR) is 104 cm³/mol. The third kappa shape index (κ3) is 5.10. The maximum atomic E-state index is 11.0. The summed E-state index contributed by atoms with van der Waals surface area (Å²) in [6, 6.07) is 13.0. The standard InChI is InChI=1S/C18H16IN3O4/c1-24-16-8-12(10-21-22-18(23)25-2)7-15(19)17(16)26-11-14-6-4-3-5-13(14)9-20/h3-8,10H,11H2,1-2H3,(H,22,23). The van der Waals surface area contributed by atoms with Gasteiger partial charge in [-0.25, -0.2) is 10.2 Å². The van der Waals surface area contributed by atoms with E-state index in [0.29, 0.717) is 22.6 Å². The number of methoxy groups -OCH3 is 2. The van der Waals surface area contributed by atoms with E-state index in [-0.39, 0.29) is 6.61 Å². The van der Waals surface area contributed by atoms with Crippen LogP contribution in [0.15, 0.2) is 41.5 Å². The minimum atomic E-state index is -0.654. The van der Waals surface area contributed by atoms with Crippen LogP contribution in [-0.2, 0) is 11.3 Å². The number of nitrogens with zero attached hydrogens (tertiary/aromatic N) is 2. The monoisotopic (exact) mass is 465 g/mol. The number of nitrogens with one attached hydrogen (secondary N) is 1. The summed E-state index contributed by atoms with van der Waals surface area (Å²) in [6.07, 6.45) is 0.815. The summed E-state index contributed by atoms with van der Waals surface area (Å²) in [5.41, 5.74) is 4.29. The first-order valence-electron chi connectivity index (χ1n) is 7.44. The topological polar surface area (TPSA) is 92.9 Å². The van der Waals surface area contributed by atoms with Gasteiger partial charge in [0.15, 0.2) is 11.5 Å². The number of hydrazone groups is 1. The lowest BCUT2D eigenvalue weighted by Crippen LogP contribution is -2.16. The Hall–Kier alpha value is -2.80. The molecule has 8 heteroatoms. The average Bonchev–Trinajstić information content (AvgIpc) is 2.66. The van der Waals surface area contributed by atoms with Gasteiger partial charge in [-0.3, -0.25) is 0 Å². The molecule has 0 aliphatic rings. The smallest absolute Gasteiger partial charge is 0.427 e. The van der Waals surface area contributed by atoms with Gasteiger partial charge in [0.05, 0.1) is 35.6 Å². The summed E-state index contributed by atoms with van der Waals surface area (Å²) in [7, 11) is 2.79. The number of rotatable bonds is 6. The number of benzene rings is 2. The fourth-order valence-electron chi connectivity index (χ4n) is 2.06. The van der Waals surface area contributed by atoms with Crippen LogP contribution in [0, 0.1) is 14.9 Å². The van der Waals surface area contributed by atoms with Gasteiger partial charge in [0.1, 0.15) is 6.61 Å². The van der Waals surface area contributed by atoms with Gasteiger partial charge < -0.3 is 14.2 Å². The highest BCUT2D eigenvalue weighted by molar-refractivity contribution is 14.1. The number of hydrogen-bond donors (Lipinski definition) is 1. The van der Waals surface area contributed by atoms with E-state index in [1.807, 2.05) is 24.3 Å². The average molecular weight is 465 g/mol. The van der Waals surface area contributed by atoms with Gasteiger partial charge in [-0.1, -0.05) is 18.2 Å². The van der Waals surface area contributed by atoms with Crippen LogP contribution in [0.5, 0.6) is 11.5 Å². The molecule has 0 fully saturated rings. The number of amides is 1. The molecule has 0 saturated heterocycles. The molecule has 7 nitrogen and oxygen atoms in total. The lowest BCUT2D eigenvalue weighted by molar-refractivity contribution is 0.171. The number of carbonyl (C=O) groups excluding carboxylic acids is 1. The number of ether oxygens (including phenoxy) is 3. The number of halogens is 1. The van der Waals surface area contributed by atoms with Crippen LogP contribution in [0.25, 0.3) is 0 Å². The molecule has 0 aliphatic heterocycles. The van der Waals surface area contributed by atoms with Crippen molar-refractivity contribution in [2.75, 3.05) is 14.2 Å². The first-order valence-corrected chi connectivity index (χ1v) is 8.52. The fourth-order valence-corrected chi connectivity index (χ4v) is 2.85. The van der Waals surface area contributed by atoms with E-state index in [4.69, 9.17) is 14.7 Å². The zero-order chi connectivity index (χ0) is 18.9. The predicted octanol–water partition coefficient (Wildman–Crippen LogP) is 3.44. The van der Waals surface area contributed by atoms with Crippen LogP contribution in [0.4, 0.5) is 4.79 Å². The first-order chi connectivity index (χ1) is 12.6. The lowest BCUT2D eigenvalue weighted by atomic mass is 10.1. The second kappa shape index (κ2) is 9.62. The van der Waals surface area contributed by atoms with Crippen molar-refractivity contribution in [2.24, 2.45) is 5.10 Å². The van der Waals surface area contributed by atoms with Gasteiger partial charge in [-0.2, -0.15) is 10.4 Å². The summed E-state index contributed by atoms with van der Waals surface area (Å²) in [5, 5.41) is 13.0. The molecule has 0 spiro atoms. The van der Waals surface area contributed by atoms with Crippen LogP contribution in [-0.4, -0.2) is 26.5 Å². The molecule has 1 N–H and O–H groups in total. The molecule has 0 aliphatic carbocycles. The SMILES string of the molecule is COC(=O)NN=Cc1cc(I)c(OCc2ccccc2C#N)c(OC)c1. The molecule has 2 rings (SSSR count). The quantitative estimate of drug-likeness (QED) is 0.401. The van der Waals surface area contributed by atoms with E-state index in [1.165, 1.54) is 20.4 Å². The second-order valence-electron chi connectivity index (χ2n) is 4.95. The molecule has 0 saturated carbocycles. The zero-order valence-electron chi connectivity index (χ0n) is 14.2. The Balaban J connectivity index is 2.19. The van der Waals surface area contributed by atoms with Crippen molar-refractivity contribution in [1.29, 1.82) is 5.26 Å². The molecule has 2 aromatic carbocycles. The summed E-state index contributed by atoms with van der Waals surface area (Å²) in [5.74, 6) is 1.09. The van der Waals surface area contributed by atoms with Gasteiger partial charge in [-0.05, 0) is 46.4 Å². The van der Waals surface area contributed by atoms with Crippen LogP contribution < -0.4 is 14.9 Å². The van der Waals surface area contributed by atoms with Crippen molar-refractivity contribution < 1.29 is 19.0 Å². The molecule has 0 unspecified atom stereocenters. The first kappa shape index (κ1) is 19.5. The van der Waals surface area contributed by atoms with E-state index in [1.54, 1.807) is 12.1 Å². The van der Waals surface area contributed by atoms with Crippen LogP contribution >= 0.6 is 22.6 Å². The fraction of sp³-hybridized carbons (Fsp3) is 0.167. The zero-order valence-corrected chi connectivity index (χ0v) is 16.3. The van der Waals surface area contributed by atoms with Crippen molar-refractivity contribution >= 4 is 34.9 Å². The number of hydrogen-bond acceptors (Lipinski definition) is 6. The van der Waals surface area contributed by atoms with Gasteiger partial charge in [0.25, 0.3) is 0 Å². The highest BCUT2D eigenvalue weighted by Crippen LogP contribution is 2.34. The Morgan fingerprint density at radius 3 is 2.81 bits per heavy atom. The molecular weight excluding hydrogens is 449 g/mol. The molecule has 0 radical (unpaired) electrons. The minimum Gasteiger partial charge on any atom is -0.493 e. The Bertz CT molecular complexity index is 862. The third-order valence-electron chi connectivity index (χ3n) is 3.32. The minimum absolute atomic E-state index is 0.243. The highest BCUT2D eigenvalue weighted by Gasteiger charge is 2.12. The summed E-state index contributed by atoms with van der Waals surface area (Å²) >= 11 is 2.12. The largest absolute Gasteiger partial charge is 0.493 e. The molecule has 134 valence electrons. The maximum Gasteiger partial charge on any atom is 0.427 e. The summed E-state index contributed by atoms with van der Waals surface area (Å²) in [6.45, 7) is 0.243. The molecular formula is C18H16IN3O4. The normalized spacial score (nSPS) is 10.2. The number of carbonyl (C=O) groups is 1. The van der Waals surface area contributed by atoms with E-state index in [0.717, 1.165) is 9.13 Å². The van der Waals surface area contributed by atoms with E-state index in [2.05, 4.69) is 43.9 Å². The van der Waals surface area contributed by atoms with Crippen molar-refractivity contribution in [3.05, 3.63) is 56.7 Å². The van der Waals surface area contributed by atoms with Crippen LogP contribution in [0.2, 0.25) is 0 Å². The van der Waals surface area contributed by atoms with Crippen molar-refractivity contribution in [2.45, 2.75) is 6.61 Å². The van der Waals surface area contributed by atoms with Crippen molar-refractivity contribution in [3.8, 4) is 17.6 Å². The summed E-state index contributed by atoms with van der Waals surface area (Å²) < 4.78 is 16.5. The summed E-state index contributed by atoms with van der Waals surface area (Å²) in [4.78, 5) is 11.0. The van der Waals surface area contributed by atoms with Gasteiger partial charge in [0, 0.05) is 5.56 Å². The maximum absolute atomic E-state index is 11.0. The van der Waals surface area contributed by atoms with E-state index < -0.39 is 6.09 Å². The molecule has 2 aromatic rings. The Morgan fingerprint density at radius 2 is 2.12 bits per heavy atom. The highest BCUT2D eigenvalue weighted by atomic mass is 127. The Kier molecular flexibility index (Phi) is 7.23.